The quantitative estimate of drug-likeness (QED) is 0.420. The van der Waals surface area contributed by atoms with Gasteiger partial charge in [-0.1, -0.05) is 0 Å². The zero-order chi connectivity index (χ0) is 8.27. The molecule has 0 aromatic heterocycles. The molecule has 0 amide bonds. The second-order valence-electron chi connectivity index (χ2n) is 3.02. The predicted molar refractivity (Wildman–Crippen MR) is 46.3 cm³/mol. The third kappa shape index (κ3) is 3.23. The third-order valence-corrected chi connectivity index (χ3v) is 1.92. The molecule has 0 unspecified atom stereocenters. The first-order valence-electron chi connectivity index (χ1n) is 3.96. The van der Waals surface area contributed by atoms with Crippen LogP contribution in [0.2, 0.25) is 0 Å². The number of nitrogens with two attached hydrogens (primary N) is 2. The summed E-state index contributed by atoms with van der Waals surface area (Å²) in [5.74, 6) is 0.189. The highest BCUT2D eigenvalue weighted by Crippen LogP contribution is 2.24. The molecule has 0 atom stereocenters. The van der Waals surface area contributed by atoms with Crippen molar-refractivity contribution in [3.05, 3.63) is 0 Å². The molecule has 0 aliphatic heterocycles. The second kappa shape index (κ2) is 3.57. The average Bonchev–Trinajstić information content (AvgIpc) is 2.66. The number of guanidine groups is 1. The number of hydrogen-bond acceptors (Lipinski definition) is 2. The van der Waals surface area contributed by atoms with Crippen LogP contribution in [0.15, 0.2) is 4.99 Å². The van der Waals surface area contributed by atoms with E-state index in [1.54, 1.807) is 0 Å². The van der Waals surface area contributed by atoms with Crippen molar-refractivity contribution in [2.24, 2.45) is 16.5 Å². The maximum atomic E-state index is 5.18. The van der Waals surface area contributed by atoms with Crippen LogP contribution in [0.25, 0.3) is 0 Å². The van der Waals surface area contributed by atoms with Gasteiger partial charge in [-0.15, -0.1) is 0 Å². The van der Waals surface area contributed by atoms with Gasteiger partial charge in [-0.25, -0.2) is 0 Å². The lowest BCUT2D eigenvalue weighted by molar-refractivity contribution is 0.334. The Morgan fingerprint density at radius 3 is 2.64 bits per heavy atom. The summed E-state index contributed by atoms with van der Waals surface area (Å²) in [6.45, 7) is 1.68. The van der Waals surface area contributed by atoms with E-state index in [0.717, 1.165) is 19.1 Å². The van der Waals surface area contributed by atoms with Crippen molar-refractivity contribution in [1.82, 2.24) is 4.90 Å². The Hall–Kier alpha value is -0.770. The lowest BCUT2D eigenvalue weighted by atomic mass is 10.5. The van der Waals surface area contributed by atoms with Crippen molar-refractivity contribution < 1.29 is 0 Å². The van der Waals surface area contributed by atoms with Crippen LogP contribution >= 0.6 is 0 Å². The molecule has 0 bridgehead atoms. The van der Waals surface area contributed by atoms with E-state index < -0.39 is 0 Å². The molecule has 4 nitrogen and oxygen atoms in total. The van der Waals surface area contributed by atoms with Gasteiger partial charge in [0.1, 0.15) is 0 Å². The molecule has 1 fully saturated rings. The summed E-state index contributed by atoms with van der Waals surface area (Å²) in [6.07, 6.45) is 2.66. The Morgan fingerprint density at radius 1 is 1.55 bits per heavy atom. The van der Waals surface area contributed by atoms with Gasteiger partial charge in [0.25, 0.3) is 0 Å². The Morgan fingerprint density at radius 2 is 2.18 bits per heavy atom. The molecule has 0 radical (unpaired) electrons. The Balaban J connectivity index is 2.06. The minimum Gasteiger partial charge on any atom is -0.370 e. The number of hydrogen-bond donors (Lipinski definition) is 2. The van der Waals surface area contributed by atoms with Gasteiger partial charge in [-0.2, -0.15) is 0 Å². The monoisotopic (exact) mass is 156 g/mol. The molecular weight excluding hydrogens is 140 g/mol. The minimum atomic E-state index is 0.189. The fraction of sp³-hybridized carbons (Fsp3) is 0.857. The van der Waals surface area contributed by atoms with Crippen molar-refractivity contribution in [2.45, 2.75) is 18.9 Å². The molecule has 1 rings (SSSR count). The molecule has 0 aromatic carbocycles. The largest absolute Gasteiger partial charge is 0.370 e. The fourth-order valence-corrected chi connectivity index (χ4v) is 1.03. The molecule has 4 N–H and O–H groups in total. The van der Waals surface area contributed by atoms with Crippen LogP contribution in [0, 0.1) is 0 Å². The van der Waals surface area contributed by atoms with Crippen LogP contribution in [-0.4, -0.2) is 37.0 Å². The average molecular weight is 156 g/mol. The highest BCUT2D eigenvalue weighted by atomic mass is 15.2. The Bertz CT molecular complexity index is 147. The molecule has 1 aliphatic carbocycles. The van der Waals surface area contributed by atoms with Crippen LogP contribution in [0.4, 0.5) is 0 Å². The van der Waals surface area contributed by atoms with E-state index in [0.29, 0.717) is 0 Å². The summed E-state index contributed by atoms with van der Waals surface area (Å²) >= 11 is 0. The molecule has 0 saturated heterocycles. The molecule has 11 heavy (non-hydrogen) atoms. The van der Waals surface area contributed by atoms with E-state index in [9.17, 15) is 0 Å². The maximum absolute atomic E-state index is 5.18. The zero-order valence-electron chi connectivity index (χ0n) is 6.95. The number of nitrogens with zero attached hydrogens (tertiary/aromatic N) is 2. The van der Waals surface area contributed by atoms with Gasteiger partial charge < -0.3 is 16.4 Å². The number of likely N-dealkylation sites (N-methyl/N-ethyl adjacent to an activating group) is 1. The topological polar surface area (TPSA) is 67.6 Å². The standard InChI is InChI=1S/C7H16N4/c1-11(6-2-3-6)5-4-10-7(8)9/h6H,2-5H2,1H3,(H4,8,9,10). The lowest BCUT2D eigenvalue weighted by Crippen LogP contribution is -2.27. The summed E-state index contributed by atoms with van der Waals surface area (Å²) in [6, 6.07) is 0.796. The summed E-state index contributed by atoms with van der Waals surface area (Å²) in [5.41, 5.74) is 10.4. The number of rotatable bonds is 4. The van der Waals surface area contributed by atoms with Crippen molar-refractivity contribution in [2.75, 3.05) is 20.1 Å². The van der Waals surface area contributed by atoms with Crippen LogP contribution in [0.5, 0.6) is 0 Å². The molecule has 0 aromatic rings. The second-order valence-corrected chi connectivity index (χ2v) is 3.02. The fourth-order valence-electron chi connectivity index (χ4n) is 1.03. The first-order chi connectivity index (χ1) is 5.20. The molecule has 0 heterocycles. The van der Waals surface area contributed by atoms with Gasteiger partial charge in [-0.3, -0.25) is 4.99 Å². The van der Waals surface area contributed by atoms with Crippen molar-refractivity contribution in [3.63, 3.8) is 0 Å². The predicted octanol–water partition coefficient (Wildman–Crippen LogP) is -0.646. The summed E-state index contributed by atoms with van der Waals surface area (Å²) in [5, 5.41) is 0. The highest BCUT2D eigenvalue weighted by molar-refractivity contribution is 5.75. The molecule has 0 spiro atoms. The molecule has 64 valence electrons. The maximum Gasteiger partial charge on any atom is 0.185 e. The van der Waals surface area contributed by atoms with E-state index in [2.05, 4.69) is 16.9 Å². The zero-order valence-corrected chi connectivity index (χ0v) is 6.95. The smallest absolute Gasteiger partial charge is 0.185 e. The van der Waals surface area contributed by atoms with Crippen molar-refractivity contribution in [3.8, 4) is 0 Å². The summed E-state index contributed by atoms with van der Waals surface area (Å²) in [7, 11) is 2.11. The van der Waals surface area contributed by atoms with E-state index in [1.165, 1.54) is 12.8 Å². The van der Waals surface area contributed by atoms with Gasteiger partial charge in [0.15, 0.2) is 5.96 Å². The third-order valence-electron chi connectivity index (χ3n) is 1.92. The van der Waals surface area contributed by atoms with Gasteiger partial charge >= 0.3 is 0 Å². The highest BCUT2D eigenvalue weighted by Gasteiger charge is 2.25. The lowest BCUT2D eigenvalue weighted by Gasteiger charge is -2.12. The van der Waals surface area contributed by atoms with Gasteiger partial charge in [0.2, 0.25) is 0 Å². The van der Waals surface area contributed by atoms with E-state index in [4.69, 9.17) is 11.5 Å². The molecule has 1 saturated carbocycles. The first kappa shape index (κ1) is 8.33. The Labute approximate surface area is 67.3 Å². The molecule has 4 heteroatoms. The van der Waals surface area contributed by atoms with Crippen molar-refractivity contribution >= 4 is 5.96 Å². The number of aliphatic imine (C=N–C) groups is 1. The van der Waals surface area contributed by atoms with E-state index >= 15 is 0 Å². The Kier molecular flexibility index (Phi) is 2.70. The minimum absolute atomic E-state index is 0.189. The normalized spacial score (nSPS) is 16.9. The van der Waals surface area contributed by atoms with E-state index in [-0.39, 0.29) is 5.96 Å². The van der Waals surface area contributed by atoms with E-state index in [1.807, 2.05) is 0 Å². The first-order valence-corrected chi connectivity index (χ1v) is 3.96. The van der Waals surface area contributed by atoms with Crippen LogP contribution in [0.1, 0.15) is 12.8 Å². The molecule has 1 aliphatic rings. The van der Waals surface area contributed by atoms with Gasteiger partial charge in [-0.05, 0) is 19.9 Å². The SMILES string of the molecule is CN(CCN=C(N)N)C1CC1. The summed E-state index contributed by atoms with van der Waals surface area (Å²) in [4.78, 5) is 6.20. The van der Waals surface area contributed by atoms with Crippen LogP contribution in [0.3, 0.4) is 0 Å². The van der Waals surface area contributed by atoms with Gasteiger partial charge in [0, 0.05) is 12.6 Å². The van der Waals surface area contributed by atoms with Gasteiger partial charge in [0.05, 0.1) is 6.54 Å². The molecular formula is C7H16N4. The van der Waals surface area contributed by atoms with Crippen LogP contribution < -0.4 is 11.5 Å². The summed E-state index contributed by atoms with van der Waals surface area (Å²) < 4.78 is 0. The van der Waals surface area contributed by atoms with Crippen LogP contribution in [-0.2, 0) is 0 Å². The van der Waals surface area contributed by atoms with Crippen molar-refractivity contribution in [1.29, 1.82) is 0 Å².